The Hall–Kier alpha value is -3.87. The number of amides is 2. The zero-order chi connectivity index (χ0) is 58.7. The van der Waals surface area contributed by atoms with Crippen LogP contribution in [0.15, 0.2) is 72.9 Å². The van der Waals surface area contributed by atoms with Gasteiger partial charge in [0, 0.05) is 38.0 Å². The smallest absolute Gasteiger partial charge is 0.308 e. The second kappa shape index (κ2) is 32.7. The number of hydrogen-bond donors (Lipinski definition) is 15. The van der Waals surface area contributed by atoms with Crippen molar-refractivity contribution in [3.63, 3.8) is 0 Å². The number of nitrogens with one attached hydrogen (secondary N) is 1. The minimum Gasteiger partial charge on any atom is -0.462 e. The zero-order valence-corrected chi connectivity index (χ0v) is 45.7. The Morgan fingerprint density at radius 2 is 1.30 bits per heavy atom. The van der Waals surface area contributed by atoms with Gasteiger partial charge in [0.15, 0.2) is 18.4 Å². The number of aliphatic hydroxyl groups excluding tert-OH is 11. The molecule has 0 aliphatic carbocycles. The van der Waals surface area contributed by atoms with Gasteiger partial charge in [0.2, 0.25) is 11.8 Å². The van der Waals surface area contributed by atoms with Crippen molar-refractivity contribution in [2.45, 2.75) is 227 Å². The lowest BCUT2D eigenvalue weighted by Crippen LogP contribution is -2.65. The monoisotopic (exact) mass is 1130 g/mol. The van der Waals surface area contributed by atoms with Crippen molar-refractivity contribution >= 4 is 17.8 Å². The number of esters is 1. The molecule has 4 aliphatic rings. The van der Waals surface area contributed by atoms with Crippen LogP contribution in [0.5, 0.6) is 0 Å². The van der Waals surface area contributed by atoms with E-state index in [1.54, 1.807) is 56.4 Å². The van der Waals surface area contributed by atoms with Crippen molar-refractivity contribution in [1.29, 1.82) is 0 Å². The predicted octanol–water partition coefficient (Wildman–Crippen LogP) is -1.70. The Balaban J connectivity index is 1.59. The average Bonchev–Trinajstić information content (AvgIpc) is 3.36. The first-order valence-corrected chi connectivity index (χ1v) is 27.2. The number of cyclic esters (lactones) is 1. The summed E-state index contributed by atoms with van der Waals surface area (Å²) in [5, 5.41) is 133. The van der Waals surface area contributed by atoms with E-state index in [1.807, 2.05) is 37.3 Å². The Morgan fingerprint density at radius 3 is 1.95 bits per heavy atom. The maximum absolute atomic E-state index is 13.2. The van der Waals surface area contributed by atoms with Gasteiger partial charge in [0.05, 0.1) is 92.1 Å². The summed E-state index contributed by atoms with van der Waals surface area (Å²) in [5.74, 6) is -7.17. The van der Waals surface area contributed by atoms with Crippen LogP contribution in [0.3, 0.4) is 0 Å². The SMILES string of the molecule is CC(=O)N[C@H]1C(O[C@H]2[C@@H](C)[C@H](C)OC(=O)C[C@H](O)C[C@H](O)C[C@H](O)CC[C@@H](O)[C@H](O)C[C@]3(O)C[C@H](O)[C@@H](C(N)=O)[C@H](C[C@@H](O[C@@H]4O[C@H](C)[C@@H](O)[C@H](N)[C@@H]4O)/C=C/C=C/C=C/C=C/CC/C=C/C=C/[C@@H]2C)O3)O[C@H](CO)[C@@H](O)[C@@H]1O. The molecule has 24 atom stereocenters. The molecule has 3 saturated heterocycles. The highest BCUT2D eigenvalue weighted by molar-refractivity contribution is 5.78. The van der Waals surface area contributed by atoms with E-state index >= 15 is 0 Å². The quantitative estimate of drug-likeness (QED) is 0.126. The van der Waals surface area contributed by atoms with E-state index in [1.165, 1.54) is 13.8 Å². The Kier molecular flexibility index (Phi) is 28.0. The number of carbonyl (C=O) groups is 3. The molecular weight excluding hydrogens is 1040 g/mol. The summed E-state index contributed by atoms with van der Waals surface area (Å²) in [5.41, 5.74) is 11.8. The average molecular weight is 1130 g/mol. The number of rotatable bonds is 7. The number of allylic oxidation sites excluding steroid dienone is 10. The lowest BCUT2D eigenvalue weighted by Gasteiger charge is -2.45. The van der Waals surface area contributed by atoms with Crippen LogP contribution >= 0.6 is 0 Å². The third kappa shape index (κ3) is 21.1. The lowest BCUT2D eigenvalue weighted by atomic mass is 9.82. The highest BCUT2D eigenvalue weighted by Gasteiger charge is 2.51. The van der Waals surface area contributed by atoms with Gasteiger partial charge in [-0.05, 0) is 52.4 Å². The van der Waals surface area contributed by atoms with Crippen LogP contribution in [0.4, 0.5) is 0 Å². The molecule has 4 rings (SSSR count). The fourth-order valence-corrected chi connectivity index (χ4v) is 10.1. The molecule has 24 heteroatoms. The lowest BCUT2D eigenvalue weighted by molar-refractivity contribution is -0.308. The van der Waals surface area contributed by atoms with Gasteiger partial charge in [-0.25, -0.2) is 0 Å². The van der Waals surface area contributed by atoms with Crippen LogP contribution in [0.25, 0.3) is 0 Å². The molecule has 2 bridgehead atoms. The van der Waals surface area contributed by atoms with Gasteiger partial charge >= 0.3 is 5.97 Å². The minimum atomic E-state index is -2.34. The van der Waals surface area contributed by atoms with Crippen LogP contribution in [-0.2, 0) is 42.8 Å². The zero-order valence-electron chi connectivity index (χ0n) is 45.7. The number of ether oxygens (including phenoxy) is 6. The summed E-state index contributed by atoms with van der Waals surface area (Å²) in [6.07, 6.45) is -4.47. The van der Waals surface area contributed by atoms with Crippen LogP contribution in [0.1, 0.15) is 98.8 Å². The maximum Gasteiger partial charge on any atom is 0.308 e. The summed E-state index contributed by atoms with van der Waals surface area (Å²) in [6.45, 7) is 7.24. The summed E-state index contributed by atoms with van der Waals surface area (Å²) >= 11 is 0. The summed E-state index contributed by atoms with van der Waals surface area (Å²) in [4.78, 5) is 38.2. The number of nitrogens with two attached hydrogens (primary N) is 2. The van der Waals surface area contributed by atoms with Crippen LogP contribution < -0.4 is 16.8 Å². The molecule has 0 aromatic rings. The van der Waals surface area contributed by atoms with Gasteiger partial charge < -0.3 is 106 Å². The number of primary amides is 1. The molecule has 4 heterocycles. The molecule has 24 nitrogen and oxygen atoms in total. The first-order chi connectivity index (χ1) is 37.2. The molecule has 3 fully saturated rings. The van der Waals surface area contributed by atoms with Gasteiger partial charge in [-0.15, -0.1) is 0 Å². The summed E-state index contributed by atoms with van der Waals surface area (Å²) in [6, 6.07) is -2.41. The van der Waals surface area contributed by atoms with Crippen LogP contribution in [-0.4, -0.2) is 214 Å². The van der Waals surface area contributed by atoms with Crippen molar-refractivity contribution in [3.8, 4) is 0 Å². The first kappa shape index (κ1) is 67.6. The van der Waals surface area contributed by atoms with Gasteiger partial charge in [0.25, 0.3) is 0 Å². The Labute approximate surface area is 461 Å². The van der Waals surface area contributed by atoms with Crippen LogP contribution in [0, 0.1) is 17.8 Å². The van der Waals surface area contributed by atoms with Gasteiger partial charge in [-0.2, -0.15) is 0 Å². The molecule has 450 valence electrons. The normalized spacial score (nSPS) is 45.1. The van der Waals surface area contributed by atoms with E-state index in [-0.39, 0.29) is 32.1 Å². The third-order valence-electron chi connectivity index (χ3n) is 14.8. The molecule has 0 saturated carbocycles. The largest absolute Gasteiger partial charge is 0.462 e. The van der Waals surface area contributed by atoms with E-state index in [4.69, 9.17) is 39.9 Å². The standard InChI is InChI=1S/C55H89N3O21/c1-29-18-16-14-12-10-8-6-7-9-11-13-15-17-19-37(76-54-49(70)45(56)47(68)32(4)75-54)25-41-44(52(57)72)40(66)27-55(73,79-41)26-39(65)38(64)21-20-34(61)22-35(62)23-36(63)24-43(67)74-31(3)30(2)51(29)78-53-46(58-33(5)60)50(71)48(69)42(28-59)77-53/h6-7,9,11-19,29-32,34-42,44-51,53-54,59,61-66,68-71,73H,8,10,20-28,56H2,1-5H3,(H2,57,72)(H,58,60)/b7-6+,11-9+,14-12+,15-13+,18-16+,19-17+/t29-,30-,31-,32+,34+,35+,36+,37-,38+,39+,40-,41-,42+,44+,45-,46+,47+,48+,49-,50+,51+,53?,54-,55+/m0/s1. The minimum absolute atomic E-state index is 0.178. The number of hydrogen-bond acceptors (Lipinski definition) is 22. The van der Waals surface area contributed by atoms with E-state index < -0.39 is 190 Å². The van der Waals surface area contributed by atoms with E-state index in [0.29, 0.717) is 12.8 Å². The molecule has 4 aliphatic heterocycles. The highest BCUT2D eigenvalue weighted by Crippen LogP contribution is 2.38. The number of fused-ring (bicyclic) bond motifs is 2. The maximum atomic E-state index is 13.2. The van der Waals surface area contributed by atoms with E-state index in [0.717, 1.165) is 0 Å². The molecule has 0 aromatic carbocycles. The first-order valence-electron chi connectivity index (χ1n) is 27.2. The highest BCUT2D eigenvalue weighted by atomic mass is 16.7. The third-order valence-corrected chi connectivity index (χ3v) is 14.8. The molecule has 0 aromatic heterocycles. The van der Waals surface area contributed by atoms with Gasteiger partial charge in [-0.3, -0.25) is 14.4 Å². The Morgan fingerprint density at radius 1 is 0.696 bits per heavy atom. The van der Waals surface area contributed by atoms with Crippen LogP contribution in [0.2, 0.25) is 0 Å². The fraction of sp³-hybridized carbons (Fsp3) is 0.727. The molecule has 0 spiro atoms. The summed E-state index contributed by atoms with van der Waals surface area (Å²) < 4.78 is 36.0. The number of aliphatic hydroxyl groups is 12. The topological polar surface area (TPSA) is 413 Å². The molecule has 17 N–H and O–H groups in total. The summed E-state index contributed by atoms with van der Waals surface area (Å²) in [7, 11) is 0. The number of carbonyl (C=O) groups excluding carboxylic acids is 3. The van der Waals surface area contributed by atoms with Crippen molar-refractivity contribution in [3.05, 3.63) is 72.9 Å². The predicted molar refractivity (Wildman–Crippen MR) is 283 cm³/mol. The van der Waals surface area contributed by atoms with Gasteiger partial charge in [0.1, 0.15) is 36.6 Å². The molecular formula is C55H89N3O21. The Bertz CT molecular complexity index is 2060. The van der Waals surface area contributed by atoms with Crippen molar-refractivity contribution < 1.29 is 104 Å². The van der Waals surface area contributed by atoms with Crippen molar-refractivity contribution in [1.82, 2.24) is 5.32 Å². The van der Waals surface area contributed by atoms with Gasteiger partial charge in [-0.1, -0.05) is 86.8 Å². The molecule has 0 radical (unpaired) electrons. The molecule has 1 unspecified atom stereocenters. The van der Waals surface area contributed by atoms with Crippen molar-refractivity contribution in [2.75, 3.05) is 6.61 Å². The second-order valence-corrected chi connectivity index (χ2v) is 21.5. The molecule has 2 amide bonds. The molecule has 79 heavy (non-hydrogen) atoms. The van der Waals surface area contributed by atoms with E-state index in [2.05, 4.69) is 5.32 Å². The fourth-order valence-electron chi connectivity index (χ4n) is 10.1. The van der Waals surface area contributed by atoms with Crippen molar-refractivity contribution in [2.24, 2.45) is 29.2 Å². The van der Waals surface area contributed by atoms with E-state index in [9.17, 15) is 75.7 Å². The second-order valence-electron chi connectivity index (χ2n) is 21.5.